The Labute approximate surface area is 200 Å². The largest absolute Gasteiger partial charge is 0.335 e. The normalized spacial score (nSPS) is 18.0. The first kappa shape index (κ1) is 25.0. The summed E-state index contributed by atoms with van der Waals surface area (Å²) < 4.78 is 0. The van der Waals surface area contributed by atoms with Gasteiger partial charge in [0.15, 0.2) is 0 Å². The minimum atomic E-state index is -1.27. The molecule has 0 aromatic heterocycles. The van der Waals surface area contributed by atoms with Gasteiger partial charge in [0.05, 0.1) is 6.54 Å². The first-order valence-corrected chi connectivity index (χ1v) is 11.2. The molecular formula is C26H32N4O4. The number of aryl methyl sites for hydroxylation is 1. The Hall–Kier alpha value is -3.68. The van der Waals surface area contributed by atoms with E-state index < -0.39 is 29.9 Å². The van der Waals surface area contributed by atoms with Crippen LogP contribution in [0.1, 0.15) is 44.4 Å². The number of rotatable bonds is 6. The molecule has 1 aliphatic rings. The van der Waals surface area contributed by atoms with E-state index in [1.54, 1.807) is 19.1 Å². The number of benzene rings is 2. The number of likely N-dealkylation sites (N-methyl/N-ethyl adjacent to an activating group) is 1. The maximum Gasteiger partial charge on any atom is 0.325 e. The van der Waals surface area contributed by atoms with Crippen LogP contribution in [0.15, 0.2) is 48.5 Å². The Kier molecular flexibility index (Phi) is 6.82. The molecule has 1 heterocycles. The first-order valence-electron chi connectivity index (χ1n) is 11.2. The molecule has 0 aliphatic carbocycles. The van der Waals surface area contributed by atoms with Crippen LogP contribution >= 0.6 is 0 Å². The average molecular weight is 465 g/mol. The lowest BCUT2D eigenvalue weighted by atomic mass is 9.84. The highest BCUT2D eigenvalue weighted by Gasteiger charge is 2.49. The van der Waals surface area contributed by atoms with E-state index in [4.69, 9.17) is 0 Å². The highest BCUT2D eigenvalue weighted by molar-refractivity contribution is 6.09. The molecule has 5 amide bonds. The lowest BCUT2D eigenvalue weighted by Gasteiger charge is -2.25. The molecule has 0 bridgehead atoms. The highest BCUT2D eigenvalue weighted by atomic mass is 16.2. The van der Waals surface area contributed by atoms with Crippen molar-refractivity contribution in [2.24, 2.45) is 0 Å². The van der Waals surface area contributed by atoms with Gasteiger partial charge < -0.3 is 15.5 Å². The topological polar surface area (TPSA) is 98.8 Å². The summed E-state index contributed by atoms with van der Waals surface area (Å²) in [6.07, 6.45) is 0. The molecular weight excluding hydrogens is 432 g/mol. The molecule has 2 aromatic carbocycles. The second kappa shape index (κ2) is 9.29. The van der Waals surface area contributed by atoms with E-state index >= 15 is 0 Å². The van der Waals surface area contributed by atoms with Gasteiger partial charge in [0.2, 0.25) is 11.8 Å². The van der Waals surface area contributed by atoms with Crippen LogP contribution < -0.4 is 10.6 Å². The number of imide groups is 1. The zero-order chi connectivity index (χ0) is 25.3. The summed E-state index contributed by atoms with van der Waals surface area (Å²) in [6.45, 7) is 9.20. The number of amides is 5. The van der Waals surface area contributed by atoms with Crippen molar-refractivity contribution in [2.45, 2.75) is 45.6 Å². The molecule has 1 aliphatic heterocycles. The van der Waals surface area contributed by atoms with E-state index in [0.29, 0.717) is 11.3 Å². The van der Waals surface area contributed by atoms with Gasteiger partial charge in [-0.1, -0.05) is 62.7 Å². The number of hydrogen-bond donors (Lipinski definition) is 2. The van der Waals surface area contributed by atoms with E-state index in [-0.39, 0.29) is 17.9 Å². The smallest absolute Gasteiger partial charge is 0.325 e. The van der Waals surface area contributed by atoms with Gasteiger partial charge in [-0.3, -0.25) is 19.3 Å². The molecule has 34 heavy (non-hydrogen) atoms. The number of nitrogens with zero attached hydrogens (tertiary/aromatic N) is 2. The molecule has 0 spiro atoms. The van der Waals surface area contributed by atoms with Crippen molar-refractivity contribution >= 4 is 29.4 Å². The summed E-state index contributed by atoms with van der Waals surface area (Å²) in [5.74, 6) is -1.40. The molecule has 1 fully saturated rings. The van der Waals surface area contributed by atoms with Crippen LogP contribution in [0.25, 0.3) is 0 Å². The van der Waals surface area contributed by atoms with Gasteiger partial charge >= 0.3 is 6.03 Å². The van der Waals surface area contributed by atoms with Gasteiger partial charge in [0.25, 0.3) is 5.91 Å². The summed E-state index contributed by atoms with van der Waals surface area (Å²) in [7, 11) is 1.46. The van der Waals surface area contributed by atoms with E-state index in [9.17, 15) is 19.2 Å². The lowest BCUT2D eigenvalue weighted by molar-refractivity contribution is -0.139. The first-order chi connectivity index (χ1) is 15.8. The molecule has 1 atom stereocenters. The minimum Gasteiger partial charge on any atom is -0.335 e. The summed E-state index contributed by atoms with van der Waals surface area (Å²) in [5, 5.41) is 5.44. The van der Waals surface area contributed by atoms with Crippen molar-refractivity contribution < 1.29 is 19.2 Å². The number of nitrogens with one attached hydrogen (secondary N) is 2. The molecule has 8 nitrogen and oxygen atoms in total. The van der Waals surface area contributed by atoms with Crippen LogP contribution in [-0.2, 0) is 25.3 Å². The molecule has 1 saturated heterocycles. The zero-order valence-electron chi connectivity index (χ0n) is 20.6. The average Bonchev–Trinajstić information content (AvgIpc) is 2.98. The SMILES string of the molecule is Cc1ccc(NC(=O)CN(C)C(=O)CN2C(=O)NC(C)(c3ccc(C(C)(C)C)cc3)C2=O)cc1. The molecule has 0 radical (unpaired) electrons. The Morgan fingerprint density at radius 3 is 2.18 bits per heavy atom. The van der Waals surface area contributed by atoms with E-state index in [2.05, 4.69) is 31.4 Å². The third kappa shape index (κ3) is 5.27. The lowest BCUT2D eigenvalue weighted by Crippen LogP contribution is -2.45. The van der Waals surface area contributed by atoms with Gasteiger partial charge in [0.1, 0.15) is 12.1 Å². The maximum atomic E-state index is 13.2. The zero-order valence-corrected chi connectivity index (χ0v) is 20.6. The number of anilines is 1. The molecule has 180 valence electrons. The van der Waals surface area contributed by atoms with Crippen LogP contribution in [0.4, 0.5) is 10.5 Å². The summed E-state index contributed by atoms with van der Waals surface area (Å²) in [6, 6.07) is 14.2. The third-order valence-corrected chi connectivity index (χ3v) is 6.04. The number of carbonyl (C=O) groups excluding carboxylic acids is 4. The Bertz CT molecular complexity index is 1100. The molecule has 0 saturated carbocycles. The molecule has 2 N–H and O–H groups in total. The Morgan fingerprint density at radius 1 is 1.03 bits per heavy atom. The summed E-state index contributed by atoms with van der Waals surface area (Å²) >= 11 is 0. The molecule has 1 unspecified atom stereocenters. The van der Waals surface area contributed by atoms with Crippen molar-refractivity contribution in [1.82, 2.24) is 15.1 Å². The Balaban J connectivity index is 1.64. The monoisotopic (exact) mass is 464 g/mol. The van der Waals surface area contributed by atoms with Crippen molar-refractivity contribution in [3.63, 3.8) is 0 Å². The maximum absolute atomic E-state index is 13.2. The molecule has 8 heteroatoms. The van der Waals surface area contributed by atoms with Crippen molar-refractivity contribution in [3.8, 4) is 0 Å². The third-order valence-electron chi connectivity index (χ3n) is 6.04. The predicted molar refractivity (Wildman–Crippen MR) is 130 cm³/mol. The van der Waals surface area contributed by atoms with Gasteiger partial charge in [-0.15, -0.1) is 0 Å². The van der Waals surface area contributed by atoms with Crippen LogP contribution in [0.5, 0.6) is 0 Å². The van der Waals surface area contributed by atoms with Crippen LogP contribution in [0.3, 0.4) is 0 Å². The van der Waals surface area contributed by atoms with E-state index in [1.807, 2.05) is 43.3 Å². The number of urea groups is 1. The van der Waals surface area contributed by atoms with Crippen molar-refractivity contribution in [1.29, 1.82) is 0 Å². The second-order valence-electron chi connectivity index (χ2n) is 9.94. The fourth-order valence-electron chi connectivity index (χ4n) is 3.74. The summed E-state index contributed by atoms with van der Waals surface area (Å²) in [5.41, 5.74) is 2.12. The van der Waals surface area contributed by atoms with E-state index in [0.717, 1.165) is 16.0 Å². The predicted octanol–water partition coefficient (Wildman–Crippen LogP) is 3.16. The Morgan fingerprint density at radius 2 is 1.62 bits per heavy atom. The van der Waals surface area contributed by atoms with Gasteiger partial charge in [0, 0.05) is 12.7 Å². The standard InChI is InChI=1S/C26H32N4O4/c1-17-7-13-20(14-8-17)27-21(31)15-29(6)22(32)16-30-23(33)26(5,28-24(30)34)19-11-9-18(10-12-19)25(2,3)4/h7-14H,15-16H2,1-6H3,(H,27,31)(H,28,34). The quantitative estimate of drug-likeness (QED) is 0.642. The van der Waals surface area contributed by atoms with Crippen LogP contribution in [0, 0.1) is 6.92 Å². The van der Waals surface area contributed by atoms with Gasteiger partial charge in [-0.25, -0.2) is 4.79 Å². The van der Waals surface area contributed by atoms with Gasteiger partial charge in [-0.2, -0.15) is 0 Å². The molecule has 3 rings (SSSR count). The second-order valence-corrected chi connectivity index (χ2v) is 9.94. The number of carbonyl (C=O) groups is 4. The fraction of sp³-hybridized carbons (Fsp3) is 0.385. The van der Waals surface area contributed by atoms with Crippen molar-refractivity contribution in [2.75, 3.05) is 25.5 Å². The van der Waals surface area contributed by atoms with E-state index in [1.165, 1.54) is 11.9 Å². The van der Waals surface area contributed by atoms with Crippen LogP contribution in [0.2, 0.25) is 0 Å². The van der Waals surface area contributed by atoms with Gasteiger partial charge in [-0.05, 0) is 42.5 Å². The number of hydrogen-bond acceptors (Lipinski definition) is 4. The highest BCUT2D eigenvalue weighted by Crippen LogP contribution is 2.31. The van der Waals surface area contributed by atoms with Crippen molar-refractivity contribution in [3.05, 3.63) is 65.2 Å². The minimum absolute atomic E-state index is 0.0445. The van der Waals surface area contributed by atoms with Crippen LogP contribution in [-0.4, -0.2) is 53.7 Å². The molecule has 2 aromatic rings. The summed E-state index contributed by atoms with van der Waals surface area (Å²) in [4.78, 5) is 52.8. The fourth-order valence-corrected chi connectivity index (χ4v) is 3.74.